The van der Waals surface area contributed by atoms with Crippen molar-refractivity contribution in [2.45, 2.75) is 44.4 Å². The molecule has 1 aliphatic heterocycles. The summed E-state index contributed by atoms with van der Waals surface area (Å²) >= 11 is 0. The number of rotatable bonds is 3. The molecule has 1 saturated heterocycles. The van der Waals surface area contributed by atoms with Crippen LogP contribution in [-0.2, 0) is 14.3 Å². The number of ether oxygens (including phenoxy) is 2. The zero-order valence-corrected chi connectivity index (χ0v) is 11.3. The molecule has 0 aromatic heterocycles. The zero-order chi connectivity index (χ0) is 13.1. The lowest BCUT2D eigenvalue weighted by atomic mass is 9.72. The van der Waals surface area contributed by atoms with Crippen LogP contribution in [-0.4, -0.2) is 44.4 Å². The van der Waals surface area contributed by atoms with E-state index >= 15 is 0 Å². The fourth-order valence-corrected chi connectivity index (χ4v) is 3.43. The zero-order valence-electron chi connectivity index (χ0n) is 11.3. The fourth-order valence-electron chi connectivity index (χ4n) is 3.43. The van der Waals surface area contributed by atoms with Crippen molar-refractivity contribution >= 4 is 5.97 Å². The third kappa shape index (κ3) is 2.68. The summed E-state index contributed by atoms with van der Waals surface area (Å²) in [6, 6.07) is 0.446. The summed E-state index contributed by atoms with van der Waals surface area (Å²) in [7, 11) is 1.77. The number of esters is 1. The van der Waals surface area contributed by atoms with Crippen molar-refractivity contribution in [3.8, 4) is 0 Å². The van der Waals surface area contributed by atoms with Gasteiger partial charge in [-0.3, -0.25) is 4.79 Å². The second-order valence-electron chi connectivity index (χ2n) is 5.41. The van der Waals surface area contributed by atoms with Gasteiger partial charge in [-0.25, -0.2) is 0 Å². The van der Waals surface area contributed by atoms with Crippen molar-refractivity contribution in [3.05, 3.63) is 0 Å². The van der Waals surface area contributed by atoms with Crippen molar-refractivity contribution in [1.29, 1.82) is 0 Å². The number of nitrogens with two attached hydrogens (primary N) is 2. The van der Waals surface area contributed by atoms with Gasteiger partial charge in [0.15, 0.2) is 0 Å². The molecule has 1 saturated carbocycles. The van der Waals surface area contributed by atoms with Crippen LogP contribution in [0.3, 0.4) is 0 Å². The highest BCUT2D eigenvalue weighted by Gasteiger charge is 2.46. The molecule has 2 fully saturated rings. The molecule has 1 aliphatic carbocycles. The maximum absolute atomic E-state index is 11.9. The fraction of sp³-hybridized carbons (Fsp3) is 0.923. The molecule has 5 unspecified atom stereocenters. The van der Waals surface area contributed by atoms with Crippen molar-refractivity contribution in [1.82, 2.24) is 0 Å². The van der Waals surface area contributed by atoms with Crippen LogP contribution in [0.1, 0.15) is 26.2 Å². The van der Waals surface area contributed by atoms with Gasteiger partial charge in [-0.05, 0) is 19.8 Å². The highest BCUT2D eigenvalue weighted by molar-refractivity contribution is 5.73. The Kier molecular flexibility index (Phi) is 4.59. The van der Waals surface area contributed by atoms with E-state index in [1.54, 1.807) is 7.11 Å². The highest BCUT2D eigenvalue weighted by atomic mass is 16.5. The van der Waals surface area contributed by atoms with Gasteiger partial charge in [-0.2, -0.15) is 0 Å². The van der Waals surface area contributed by atoms with E-state index in [2.05, 4.69) is 5.32 Å². The lowest BCUT2D eigenvalue weighted by Gasteiger charge is -2.42. The summed E-state index contributed by atoms with van der Waals surface area (Å²) in [5.41, 5.74) is 6.29. The standard InChI is InChI=1S/C13H24N2O3/c1-3-18-13(16)10-7-15-11-6-8(17-2)4-5-9(11)12(10)14/h8-12,15H,3-7,14H2,1-2H3/p+1. The van der Waals surface area contributed by atoms with Gasteiger partial charge in [-0.15, -0.1) is 0 Å². The smallest absolute Gasteiger partial charge is 0.316 e. The topological polar surface area (TPSA) is 78.2 Å². The van der Waals surface area contributed by atoms with E-state index in [-0.39, 0.29) is 17.9 Å². The van der Waals surface area contributed by atoms with E-state index < -0.39 is 0 Å². The molecule has 0 spiro atoms. The molecule has 5 nitrogen and oxygen atoms in total. The monoisotopic (exact) mass is 257 g/mol. The molecule has 0 bridgehead atoms. The number of hydrogen-bond acceptors (Lipinski definition) is 4. The van der Waals surface area contributed by atoms with E-state index in [0.29, 0.717) is 24.7 Å². The van der Waals surface area contributed by atoms with Gasteiger partial charge in [0, 0.05) is 25.5 Å². The van der Waals surface area contributed by atoms with Crippen LogP contribution in [0.2, 0.25) is 0 Å². The third-order valence-corrected chi connectivity index (χ3v) is 4.48. The summed E-state index contributed by atoms with van der Waals surface area (Å²) in [5.74, 6) is 0.137. The molecule has 5 heteroatoms. The minimum atomic E-state index is -0.148. The Morgan fingerprint density at radius 3 is 2.89 bits per heavy atom. The van der Waals surface area contributed by atoms with Crippen LogP contribution in [0.25, 0.3) is 0 Å². The Hall–Kier alpha value is -0.650. The molecular weight excluding hydrogens is 232 g/mol. The molecule has 4 N–H and O–H groups in total. The van der Waals surface area contributed by atoms with Crippen LogP contribution < -0.4 is 11.1 Å². The van der Waals surface area contributed by atoms with Crippen molar-refractivity contribution in [2.75, 3.05) is 20.3 Å². The molecule has 0 amide bonds. The molecule has 2 aliphatic rings. The summed E-state index contributed by atoms with van der Waals surface area (Å²) in [5, 5.41) is 2.26. The molecular formula is C13H25N2O3+. The predicted octanol–water partition coefficient (Wildman–Crippen LogP) is -0.746. The lowest BCUT2D eigenvalue weighted by molar-refractivity contribution is -0.713. The van der Waals surface area contributed by atoms with Crippen molar-refractivity contribution in [2.24, 2.45) is 17.6 Å². The number of hydrogen-bond donors (Lipinski definition) is 2. The van der Waals surface area contributed by atoms with Gasteiger partial charge in [-0.1, -0.05) is 0 Å². The number of carbonyl (C=O) groups is 1. The first-order valence-electron chi connectivity index (χ1n) is 6.95. The number of fused-ring (bicyclic) bond motifs is 1. The SMILES string of the molecule is CCOC(=O)C1C[NH2+]C2CC(OC)CCC2C1N. The normalized spacial score (nSPS) is 40.1. The Morgan fingerprint density at radius 1 is 1.44 bits per heavy atom. The second-order valence-corrected chi connectivity index (χ2v) is 5.41. The average Bonchev–Trinajstić information content (AvgIpc) is 2.38. The average molecular weight is 257 g/mol. The molecule has 1 heterocycles. The maximum atomic E-state index is 11.9. The van der Waals surface area contributed by atoms with Gasteiger partial charge in [0.1, 0.15) is 5.92 Å². The number of methoxy groups -OCH3 is 1. The van der Waals surface area contributed by atoms with Crippen LogP contribution in [0.4, 0.5) is 0 Å². The quantitative estimate of drug-likeness (QED) is 0.652. The summed E-state index contributed by atoms with van der Waals surface area (Å²) < 4.78 is 10.5. The molecule has 0 aromatic rings. The Bertz CT molecular complexity index is 298. The van der Waals surface area contributed by atoms with Crippen LogP contribution in [0, 0.1) is 11.8 Å². The van der Waals surface area contributed by atoms with E-state index in [9.17, 15) is 4.79 Å². The first-order valence-corrected chi connectivity index (χ1v) is 6.95. The minimum absolute atomic E-state index is 0.0585. The highest BCUT2D eigenvalue weighted by Crippen LogP contribution is 2.31. The molecule has 18 heavy (non-hydrogen) atoms. The molecule has 104 valence electrons. The van der Waals surface area contributed by atoms with E-state index in [1.165, 1.54) is 0 Å². The van der Waals surface area contributed by atoms with Gasteiger partial charge in [0.2, 0.25) is 0 Å². The third-order valence-electron chi connectivity index (χ3n) is 4.48. The summed E-state index contributed by atoms with van der Waals surface area (Å²) in [6.45, 7) is 3.02. The van der Waals surface area contributed by atoms with Crippen molar-refractivity contribution < 1.29 is 19.6 Å². The Labute approximate surface area is 108 Å². The first-order chi connectivity index (χ1) is 8.67. The summed E-state index contributed by atoms with van der Waals surface area (Å²) in [6.07, 6.45) is 3.50. The van der Waals surface area contributed by atoms with Crippen LogP contribution >= 0.6 is 0 Å². The number of quaternary nitrogens is 1. The van der Waals surface area contributed by atoms with Crippen LogP contribution in [0.15, 0.2) is 0 Å². The lowest BCUT2D eigenvalue weighted by Crippen LogP contribution is -2.97. The molecule has 0 radical (unpaired) electrons. The van der Waals surface area contributed by atoms with E-state index in [4.69, 9.17) is 15.2 Å². The maximum Gasteiger partial charge on any atom is 0.316 e. The molecule has 0 aromatic carbocycles. The van der Waals surface area contributed by atoms with Gasteiger partial charge >= 0.3 is 5.97 Å². The van der Waals surface area contributed by atoms with Gasteiger partial charge in [0.05, 0.1) is 25.3 Å². The van der Waals surface area contributed by atoms with Gasteiger partial charge < -0.3 is 20.5 Å². The van der Waals surface area contributed by atoms with E-state index in [1.807, 2.05) is 6.92 Å². The van der Waals surface area contributed by atoms with Gasteiger partial charge in [0.25, 0.3) is 0 Å². The first kappa shape index (κ1) is 13.8. The van der Waals surface area contributed by atoms with Crippen LogP contribution in [0.5, 0.6) is 0 Å². The number of carbonyl (C=O) groups excluding carboxylic acids is 1. The van der Waals surface area contributed by atoms with Crippen molar-refractivity contribution in [3.63, 3.8) is 0 Å². The largest absolute Gasteiger partial charge is 0.466 e. The number of piperidine rings is 1. The Balaban J connectivity index is 1.97. The molecule has 5 atom stereocenters. The van der Waals surface area contributed by atoms with E-state index in [0.717, 1.165) is 25.8 Å². The predicted molar refractivity (Wildman–Crippen MR) is 66.8 cm³/mol. The second kappa shape index (κ2) is 5.99. The summed E-state index contributed by atoms with van der Waals surface area (Å²) in [4.78, 5) is 11.9. The molecule has 2 rings (SSSR count). The Morgan fingerprint density at radius 2 is 2.22 bits per heavy atom. The minimum Gasteiger partial charge on any atom is -0.466 e.